The number of halogens is 4. The van der Waals surface area contributed by atoms with Gasteiger partial charge in [-0.05, 0) is 48.6 Å². The van der Waals surface area contributed by atoms with Gasteiger partial charge in [-0.15, -0.1) is 0 Å². The Morgan fingerprint density at radius 3 is 2.45 bits per heavy atom. The van der Waals surface area contributed by atoms with E-state index in [-0.39, 0.29) is 41.4 Å². The number of nitrogen functional groups attached to an aromatic ring is 1. The van der Waals surface area contributed by atoms with E-state index in [9.17, 15) is 32.7 Å². The van der Waals surface area contributed by atoms with E-state index < -0.39 is 36.3 Å². The van der Waals surface area contributed by atoms with E-state index in [2.05, 4.69) is 5.32 Å². The van der Waals surface area contributed by atoms with Crippen molar-refractivity contribution in [3.05, 3.63) is 58.6 Å². The largest absolute Gasteiger partial charge is 0.481 e. The third-order valence-electron chi connectivity index (χ3n) is 7.25. The van der Waals surface area contributed by atoms with Crippen molar-refractivity contribution in [3.63, 3.8) is 0 Å². The molecule has 12 heteroatoms. The highest BCUT2D eigenvalue weighted by Gasteiger charge is 2.49. The van der Waals surface area contributed by atoms with Crippen molar-refractivity contribution in [2.45, 2.75) is 43.8 Å². The summed E-state index contributed by atoms with van der Waals surface area (Å²) in [4.78, 5) is 40.9. The number of hydrogen-bond acceptors (Lipinski definition) is 4. The molecule has 0 spiro atoms. The lowest BCUT2D eigenvalue weighted by Crippen LogP contribution is -2.50. The van der Waals surface area contributed by atoms with Gasteiger partial charge in [-0.1, -0.05) is 35.9 Å². The second-order valence-electron chi connectivity index (χ2n) is 9.59. The molecule has 1 fully saturated rings. The van der Waals surface area contributed by atoms with Crippen LogP contribution in [0.1, 0.15) is 36.3 Å². The van der Waals surface area contributed by atoms with Crippen molar-refractivity contribution in [1.29, 1.82) is 0 Å². The first kappa shape index (κ1) is 27.6. The van der Waals surface area contributed by atoms with Crippen LogP contribution in [0.2, 0.25) is 5.02 Å². The van der Waals surface area contributed by atoms with Gasteiger partial charge in [-0.2, -0.15) is 13.2 Å². The van der Waals surface area contributed by atoms with Gasteiger partial charge in [0.2, 0.25) is 5.91 Å². The van der Waals surface area contributed by atoms with Crippen LogP contribution in [-0.2, 0) is 16.0 Å². The smallest absolute Gasteiger partial charge is 0.396 e. The molecule has 204 valence electrons. The highest BCUT2D eigenvalue weighted by molar-refractivity contribution is 6.33. The zero-order valence-corrected chi connectivity index (χ0v) is 21.1. The number of alkyl halides is 3. The average molecular weight is 553 g/mol. The summed E-state index contributed by atoms with van der Waals surface area (Å²) >= 11 is 5.90. The van der Waals surface area contributed by atoms with Gasteiger partial charge in [0.1, 0.15) is 0 Å². The predicted octanol–water partition coefficient (Wildman–Crippen LogP) is 4.74. The van der Waals surface area contributed by atoms with Crippen LogP contribution in [0.15, 0.2) is 42.5 Å². The minimum atomic E-state index is -4.94. The Morgan fingerprint density at radius 2 is 1.82 bits per heavy atom. The van der Waals surface area contributed by atoms with Crippen LogP contribution in [-0.4, -0.2) is 64.7 Å². The summed E-state index contributed by atoms with van der Waals surface area (Å²) in [5.41, 5.74) is 7.07. The van der Waals surface area contributed by atoms with Crippen LogP contribution in [0.3, 0.4) is 0 Å². The quantitative estimate of drug-likeness (QED) is 0.448. The highest BCUT2D eigenvalue weighted by atomic mass is 35.5. The molecule has 4 rings (SSSR count). The van der Waals surface area contributed by atoms with Crippen molar-refractivity contribution in [2.24, 2.45) is 5.92 Å². The fourth-order valence-corrected chi connectivity index (χ4v) is 5.41. The highest BCUT2D eigenvalue weighted by Crippen LogP contribution is 2.43. The molecular formula is C26H28ClF3N4O4. The molecule has 0 aromatic heterocycles. The van der Waals surface area contributed by atoms with E-state index in [1.807, 2.05) is 24.3 Å². The third-order valence-corrected chi connectivity index (χ3v) is 7.58. The molecule has 2 aliphatic heterocycles. The zero-order valence-electron chi connectivity index (χ0n) is 20.4. The molecular weight excluding hydrogens is 525 g/mol. The number of urea groups is 1. The van der Waals surface area contributed by atoms with Crippen molar-refractivity contribution in [1.82, 2.24) is 9.80 Å². The lowest BCUT2D eigenvalue weighted by atomic mass is 9.82. The zero-order chi connectivity index (χ0) is 27.6. The Morgan fingerprint density at radius 1 is 1.13 bits per heavy atom. The summed E-state index contributed by atoms with van der Waals surface area (Å²) in [6.45, 7) is 0.911. The first-order valence-corrected chi connectivity index (χ1v) is 12.6. The maximum atomic E-state index is 14.1. The number of anilines is 2. The number of para-hydroxylation sites is 1. The van der Waals surface area contributed by atoms with Crippen molar-refractivity contribution in [2.75, 3.05) is 30.7 Å². The summed E-state index contributed by atoms with van der Waals surface area (Å²) in [7, 11) is 0. The summed E-state index contributed by atoms with van der Waals surface area (Å²) in [5, 5.41) is 12.5. The van der Waals surface area contributed by atoms with Crippen LogP contribution in [0.5, 0.6) is 0 Å². The van der Waals surface area contributed by atoms with Gasteiger partial charge in [-0.3, -0.25) is 9.59 Å². The number of piperidine rings is 1. The lowest BCUT2D eigenvalue weighted by Gasteiger charge is -2.38. The number of carbonyl (C=O) groups is 3. The van der Waals surface area contributed by atoms with Crippen LogP contribution < -0.4 is 11.1 Å². The van der Waals surface area contributed by atoms with E-state index in [1.54, 1.807) is 4.90 Å². The third kappa shape index (κ3) is 5.98. The topological polar surface area (TPSA) is 116 Å². The van der Waals surface area contributed by atoms with E-state index >= 15 is 0 Å². The van der Waals surface area contributed by atoms with Gasteiger partial charge >= 0.3 is 18.2 Å². The van der Waals surface area contributed by atoms with Crippen LogP contribution in [0, 0.1) is 5.92 Å². The average Bonchev–Trinajstić information content (AvgIpc) is 3.03. The van der Waals surface area contributed by atoms with Gasteiger partial charge in [0.05, 0.1) is 22.5 Å². The van der Waals surface area contributed by atoms with Crippen molar-refractivity contribution < 1.29 is 32.7 Å². The first-order chi connectivity index (χ1) is 18.0. The molecule has 2 aliphatic rings. The number of aliphatic carboxylic acids is 1. The Balaban J connectivity index is 1.42. The fraction of sp³-hybridized carbons (Fsp3) is 0.423. The van der Waals surface area contributed by atoms with Gasteiger partial charge in [0.25, 0.3) is 0 Å². The normalized spacial score (nSPS) is 18.3. The number of fused-ring (bicyclic) bond motifs is 1. The monoisotopic (exact) mass is 552 g/mol. The Bertz CT molecular complexity index is 1220. The molecule has 1 unspecified atom stereocenters. The SMILES string of the molecule is Nc1ccc([C@H](C(CC(=O)N2CCC(N3CCc4ccccc4NC3=O)CC2)C(=O)O)C(F)(F)F)cc1Cl. The summed E-state index contributed by atoms with van der Waals surface area (Å²) < 4.78 is 42.2. The molecule has 0 aliphatic carbocycles. The van der Waals surface area contributed by atoms with Crippen molar-refractivity contribution in [3.8, 4) is 0 Å². The number of nitrogens with zero attached hydrogens (tertiary/aromatic N) is 2. The molecule has 0 saturated carbocycles. The number of rotatable bonds is 6. The van der Waals surface area contributed by atoms with Crippen LogP contribution >= 0.6 is 11.6 Å². The van der Waals surface area contributed by atoms with E-state index in [4.69, 9.17) is 17.3 Å². The Labute approximate surface area is 222 Å². The molecule has 8 nitrogen and oxygen atoms in total. The molecule has 38 heavy (non-hydrogen) atoms. The van der Waals surface area contributed by atoms with Gasteiger partial charge in [-0.25, -0.2) is 4.79 Å². The van der Waals surface area contributed by atoms with Gasteiger partial charge < -0.3 is 26.0 Å². The number of hydrogen-bond donors (Lipinski definition) is 3. The summed E-state index contributed by atoms with van der Waals surface area (Å²) in [6, 6.07) is 10.4. The Kier molecular flexibility index (Phi) is 8.05. The molecule has 2 heterocycles. The number of likely N-dealkylation sites (tertiary alicyclic amines) is 1. The number of nitrogens with one attached hydrogen (secondary N) is 1. The van der Waals surface area contributed by atoms with Gasteiger partial charge in [0.15, 0.2) is 0 Å². The second-order valence-corrected chi connectivity index (χ2v) is 10.00. The lowest BCUT2D eigenvalue weighted by molar-refractivity contribution is -0.177. The molecule has 0 bridgehead atoms. The minimum absolute atomic E-state index is 0.0594. The fourth-order valence-electron chi connectivity index (χ4n) is 5.22. The van der Waals surface area contributed by atoms with Gasteiger partial charge in [0, 0.05) is 37.8 Å². The molecule has 2 atom stereocenters. The van der Waals surface area contributed by atoms with Crippen LogP contribution in [0.25, 0.3) is 0 Å². The molecule has 0 radical (unpaired) electrons. The van der Waals surface area contributed by atoms with E-state index in [1.165, 1.54) is 11.0 Å². The molecule has 3 amide bonds. The van der Waals surface area contributed by atoms with Crippen LogP contribution in [0.4, 0.5) is 29.3 Å². The maximum absolute atomic E-state index is 14.1. The Hall–Kier alpha value is -3.47. The summed E-state index contributed by atoms with van der Waals surface area (Å²) in [6.07, 6.45) is -4.23. The molecule has 2 aromatic carbocycles. The minimum Gasteiger partial charge on any atom is -0.481 e. The van der Waals surface area contributed by atoms with E-state index in [0.717, 1.165) is 23.4 Å². The number of amides is 3. The second kappa shape index (κ2) is 11.1. The summed E-state index contributed by atoms with van der Waals surface area (Å²) in [5.74, 6) is -6.90. The number of benzene rings is 2. The number of carboxylic acid groups (broad SMARTS) is 1. The van der Waals surface area contributed by atoms with E-state index in [0.29, 0.717) is 25.8 Å². The van der Waals surface area contributed by atoms with Crippen molar-refractivity contribution >= 4 is 40.9 Å². The first-order valence-electron chi connectivity index (χ1n) is 12.2. The number of carbonyl (C=O) groups excluding carboxylic acids is 2. The predicted molar refractivity (Wildman–Crippen MR) is 136 cm³/mol. The number of carboxylic acids is 1. The standard InChI is InChI=1S/C26H28ClF3N4O4/c27-19-13-16(5-6-20(19)31)23(26(28,29)30)18(24(36)37)14-22(35)33-10-8-17(9-11-33)34-12-7-15-3-1-2-4-21(15)32-25(34)38/h1-6,13,17-18,23H,7-12,14,31H2,(H,32,38)(H,36,37)/t18?,23-/m1/s1. The molecule has 1 saturated heterocycles. The molecule has 2 aromatic rings. The molecule has 4 N–H and O–H groups in total. The maximum Gasteiger partial charge on any atom is 0.396 e. The number of nitrogens with two attached hydrogens (primary N) is 1.